The predicted octanol–water partition coefficient (Wildman–Crippen LogP) is 4.10. The van der Waals surface area contributed by atoms with E-state index < -0.39 is 42.3 Å². The number of hydrogen-bond acceptors (Lipinski definition) is 10. The Hall–Kier alpha value is -5.42. The van der Waals surface area contributed by atoms with Gasteiger partial charge in [-0.1, -0.05) is 54.6 Å². The molecule has 1 N–H and O–H groups in total. The predicted molar refractivity (Wildman–Crippen MR) is 147 cm³/mol. The van der Waals surface area contributed by atoms with Crippen molar-refractivity contribution in [2.24, 2.45) is 0 Å². The number of hydrogen-bond donors (Lipinski definition) is 1. The molecule has 6 rings (SSSR count). The highest BCUT2D eigenvalue weighted by atomic mass is 16.6. The van der Waals surface area contributed by atoms with Gasteiger partial charge in [-0.2, -0.15) is 0 Å². The Morgan fingerprint density at radius 3 is 1.86 bits per heavy atom. The summed E-state index contributed by atoms with van der Waals surface area (Å²) < 4.78 is 23.7. The number of ether oxygens (including phenoxy) is 4. The third-order valence-corrected chi connectivity index (χ3v) is 6.65. The minimum absolute atomic E-state index is 0.272. The Morgan fingerprint density at radius 2 is 1.29 bits per heavy atom. The lowest BCUT2D eigenvalue weighted by atomic mass is 10.1. The highest BCUT2D eigenvalue weighted by Gasteiger charge is 2.52. The fraction of sp³-hybridized carbons (Fsp3) is 0.161. The van der Waals surface area contributed by atoms with E-state index in [1.165, 1.54) is 6.33 Å². The van der Waals surface area contributed by atoms with Crippen molar-refractivity contribution < 1.29 is 33.3 Å². The quantitative estimate of drug-likeness (QED) is 0.216. The van der Waals surface area contributed by atoms with E-state index >= 15 is 0 Å². The second-order valence-electron chi connectivity index (χ2n) is 9.41. The molecule has 0 bridgehead atoms. The molecule has 0 saturated carbocycles. The maximum absolute atomic E-state index is 13.3. The summed E-state index contributed by atoms with van der Waals surface area (Å²) in [5.74, 6) is -1.64. The lowest BCUT2D eigenvalue weighted by Gasteiger charge is -2.24. The number of H-pyrrole nitrogens is 1. The average Bonchev–Trinajstić information content (AvgIpc) is 3.62. The topological polar surface area (TPSA) is 143 Å². The maximum Gasteiger partial charge on any atom is 0.338 e. The monoisotopic (exact) mass is 564 g/mol. The van der Waals surface area contributed by atoms with Crippen molar-refractivity contribution in [2.75, 3.05) is 6.61 Å². The van der Waals surface area contributed by atoms with Gasteiger partial charge in [0.25, 0.3) is 0 Å². The molecule has 0 radical (unpaired) electrons. The van der Waals surface area contributed by atoms with Crippen molar-refractivity contribution in [1.82, 2.24) is 19.9 Å². The van der Waals surface area contributed by atoms with Crippen LogP contribution in [0.25, 0.3) is 11.2 Å². The second kappa shape index (κ2) is 12.0. The molecule has 0 amide bonds. The molecule has 1 aliphatic heterocycles. The van der Waals surface area contributed by atoms with Gasteiger partial charge in [0, 0.05) is 0 Å². The Balaban J connectivity index is 1.34. The summed E-state index contributed by atoms with van der Waals surface area (Å²) in [4.78, 5) is 55.0. The first kappa shape index (κ1) is 26.8. The number of fused-ring (bicyclic) bond motifs is 1. The first-order chi connectivity index (χ1) is 20.6. The molecule has 3 heterocycles. The van der Waals surface area contributed by atoms with Gasteiger partial charge < -0.3 is 23.9 Å². The molecule has 4 atom stereocenters. The van der Waals surface area contributed by atoms with Gasteiger partial charge in [0.1, 0.15) is 30.4 Å². The molecule has 0 unspecified atom stereocenters. The standard InChI is InChI=1S/C31H24N4O7/c36-29(19-10-4-1-5-11-19)39-17-23-24(41-30(37)20-12-6-2-7-13-20)25(42-31(38)21-14-8-3-9-15-21)26(40-23)28-34-22-16-32-18-33-27(22)35-28/h1-16,18,23-26H,17H2,(H,32,33,34,35)/t23-,24-,25-,26-/m0/s1. The molecule has 1 fully saturated rings. The zero-order valence-electron chi connectivity index (χ0n) is 22.0. The molecule has 1 aliphatic rings. The number of nitrogens with one attached hydrogen (secondary N) is 1. The number of benzene rings is 3. The molecule has 11 heteroatoms. The van der Waals surface area contributed by atoms with Crippen LogP contribution in [0.15, 0.2) is 104 Å². The Kier molecular flexibility index (Phi) is 7.64. The molecular formula is C31H24N4O7. The highest BCUT2D eigenvalue weighted by Crippen LogP contribution is 2.38. The number of carbonyl (C=O) groups is 3. The van der Waals surface area contributed by atoms with Crippen LogP contribution in [-0.4, -0.2) is 62.8 Å². The zero-order chi connectivity index (χ0) is 28.9. The van der Waals surface area contributed by atoms with Crippen molar-refractivity contribution in [2.45, 2.75) is 24.4 Å². The first-order valence-electron chi connectivity index (χ1n) is 13.1. The molecule has 3 aromatic carbocycles. The van der Waals surface area contributed by atoms with Gasteiger partial charge >= 0.3 is 17.9 Å². The number of rotatable bonds is 8. The van der Waals surface area contributed by atoms with Gasteiger partial charge in [-0.25, -0.2) is 29.3 Å². The summed E-state index contributed by atoms with van der Waals surface area (Å²) in [7, 11) is 0. The van der Waals surface area contributed by atoms with Gasteiger partial charge in [-0.15, -0.1) is 0 Å². The van der Waals surface area contributed by atoms with Crippen LogP contribution >= 0.6 is 0 Å². The van der Waals surface area contributed by atoms with Crippen molar-refractivity contribution >= 4 is 29.1 Å². The van der Waals surface area contributed by atoms with Crippen molar-refractivity contribution in [3.05, 3.63) is 126 Å². The van der Waals surface area contributed by atoms with E-state index in [4.69, 9.17) is 18.9 Å². The molecule has 210 valence electrons. The van der Waals surface area contributed by atoms with E-state index in [0.717, 1.165) is 0 Å². The molecule has 2 aromatic heterocycles. The summed E-state index contributed by atoms with van der Waals surface area (Å²) in [6.07, 6.45) is -1.47. The van der Waals surface area contributed by atoms with Crippen LogP contribution in [0, 0.1) is 0 Å². The Labute approximate surface area is 239 Å². The van der Waals surface area contributed by atoms with E-state index in [1.807, 2.05) is 0 Å². The van der Waals surface area contributed by atoms with Gasteiger partial charge in [0.15, 0.2) is 24.0 Å². The minimum Gasteiger partial charge on any atom is -0.459 e. The molecular weight excluding hydrogens is 540 g/mol. The number of imidazole rings is 1. The van der Waals surface area contributed by atoms with Crippen LogP contribution in [0.5, 0.6) is 0 Å². The van der Waals surface area contributed by atoms with E-state index in [0.29, 0.717) is 22.3 Å². The van der Waals surface area contributed by atoms with Crippen LogP contribution in [0.1, 0.15) is 43.0 Å². The van der Waals surface area contributed by atoms with E-state index in [9.17, 15) is 14.4 Å². The molecule has 0 aliphatic carbocycles. The minimum atomic E-state index is -1.17. The number of esters is 3. The lowest BCUT2D eigenvalue weighted by Crippen LogP contribution is -2.41. The van der Waals surface area contributed by atoms with Gasteiger partial charge in [-0.05, 0) is 36.4 Å². The van der Waals surface area contributed by atoms with Crippen LogP contribution in [0.4, 0.5) is 0 Å². The number of aromatic amines is 1. The Bertz CT molecular complexity index is 1660. The van der Waals surface area contributed by atoms with Gasteiger partial charge in [0.2, 0.25) is 0 Å². The Morgan fingerprint density at radius 1 is 0.738 bits per heavy atom. The summed E-state index contributed by atoms with van der Waals surface area (Å²) >= 11 is 0. The van der Waals surface area contributed by atoms with E-state index in [1.54, 1.807) is 97.2 Å². The third kappa shape index (κ3) is 5.72. The van der Waals surface area contributed by atoms with Crippen molar-refractivity contribution in [1.29, 1.82) is 0 Å². The second-order valence-corrected chi connectivity index (χ2v) is 9.41. The number of nitrogens with zero attached hydrogens (tertiary/aromatic N) is 3. The zero-order valence-corrected chi connectivity index (χ0v) is 22.0. The third-order valence-electron chi connectivity index (χ3n) is 6.65. The highest BCUT2D eigenvalue weighted by molar-refractivity contribution is 5.91. The van der Waals surface area contributed by atoms with Crippen molar-refractivity contribution in [3.8, 4) is 0 Å². The molecule has 1 saturated heterocycles. The van der Waals surface area contributed by atoms with Crippen LogP contribution in [0.2, 0.25) is 0 Å². The number of carbonyl (C=O) groups excluding carboxylic acids is 3. The summed E-state index contributed by atoms with van der Waals surface area (Å²) in [6.45, 7) is -0.295. The molecule has 42 heavy (non-hydrogen) atoms. The SMILES string of the molecule is O=C(OC[C@@H]1O[C@H](c2nc3ncncc3[nH]2)[C@@H](OC(=O)c2ccccc2)[C@H]1OC(=O)c1ccccc1)c1ccccc1. The van der Waals surface area contributed by atoms with Crippen LogP contribution in [0.3, 0.4) is 0 Å². The molecule has 0 spiro atoms. The first-order valence-corrected chi connectivity index (χ1v) is 13.1. The normalized spacial score (nSPS) is 19.7. The largest absolute Gasteiger partial charge is 0.459 e. The fourth-order valence-electron chi connectivity index (χ4n) is 4.62. The molecule has 5 aromatic rings. The van der Waals surface area contributed by atoms with E-state index in [2.05, 4.69) is 19.9 Å². The maximum atomic E-state index is 13.3. The van der Waals surface area contributed by atoms with Gasteiger partial charge in [-0.3, -0.25) is 0 Å². The molecule has 11 nitrogen and oxygen atoms in total. The van der Waals surface area contributed by atoms with Crippen LogP contribution < -0.4 is 0 Å². The fourth-order valence-corrected chi connectivity index (χ4v) is 4.62. The smallest absolute Gasteiger partial charge is 0.338 e. The van der Waals surface area contributed by atoms with E-state index in [-0.39, 0.29) is 18.0 Å². The lowest BCUT2D eigenvalue weighted by molar-refractivity contribution is -0.0453. The van der Waals surface area contributed by atoms with Gasteiger partial charge in [0.05, 0.1) is 22.9 Å². The average molecular weight is 565 g/mol. The number of aromatic nitrogens is 4. The van der Waals surface area contributed by atoms with Crippen LogP contribution in [-0.2, 0) is 18.9 Å². The summed E-state index contributed by atoms with van der Waals surface area (Å²) in [5.41, 5.74) is 1.81. The summed E-state index contributed by atoms with van der Waals surface area (Å²) in [6, 6.07) is 25.2. The summed E-state index contributed by atoms with van der Waals surface area (Å²) in [5, 5.41) is 0. The van der Waals surface area contributed by atoms with Crippen molar-refractivity contribution in [3.63, 3.8) is 0 Å².